The number of aliphatic carboxylic acids is 1. The fourth-order valence-electron chi connectivity index (χ4n) is 1.74. The van der Waals surface area contributed by atoms with E-state index in [9.17, 15) is 14.7 Å². The third kappa shape index (κ3) is 4.68. The number of carboxylic acids is 1. The van der Waals surface area contributed by atoms with Crippen molar-refractivity contribution in [1.29, 1.82) is 0 Å². The number of amides is 1. The molecule has 0 heterocycles. The fraction of sp³-hybridized carbons (Fsp3) is 0.500. The number of carbonyl (C=O) groups excluding carboxylic acids is 1. The monoisotopic (exact) mass is 277 g/mol. The highest BCUT2D eigenvalue weighted by Gasteiger charge is 2.26. The minimum Gasteiger partial charge on any atom is -0.479 e. The molecule has 0 aliphatic carbocycles. The average molecular weight is 277 g/mol. The van der Waals surface area contributed by atoms with E-state index in [-0.39, 0.29) is 17.2 Å². The Morgan fingerprint density at radius 3 is 2.20 bits per heavy atom. The molecule has 2 atom stereocenters. The molecule has 1 amide bonds. The van der Waals surface area contributed by atoms with Gasteiger partial charge in [0.2, 0.25) is 5.91 Å². The summed E-state index contributed by atoms with van der Waals surface area (Å²) >= 11 is 0. The molecule has 0 aromatic heterocycles. The third-order valence-corrected chi connectivity index (χ3v) is 3.66. The van der Waals surface area contributed by atoms with E-state index in [1.54, 1.807) is 24.3 Å². The van der Waals surface area contributed by atoms with Gasteiger partial charge in [0.25, 0.3) is 0 Å². The number of benzene rings is 1. The number of nitrogens with one attached hydrogen (secondary N) is 1. The maximum absolute atomic E-state index is 12.0. The molecule has 4 nitrogen and oxygen atoms in total. The normalized spacial score (nSPS) is 14.4. The molecule has 0 aliphatic rings. The SMILES string of the molecule is CC(CC(=O)N[C@@H](C(=O)O)c1ccccc1)C(C)(C)C. The van der Waals surface area contributed by atoms with Crippen molar-refractivity contribution in [2.75, 3.05) is 0 Å². The minimum absolute atomic E-state index is 0.0167. The molecule has 4 heteroatoms. The zero-order valence-corrected chi connectivity index (χ0v) is 12.5. The topological polar surface area (TPSA) is 66.4 Å². The summed E-state index contributed by atoms with van der Waals surface area (Å²) in [5.41, 5.74) is 0.597. The molecular formula is C16H23NO3. The van der Waals surface area contributed by atoms with Gasteiger partial charge in [-0.05, 0) is 16.9 Å². The summed E-state index contributed by atoms with van der Waals surface area (Å²) in [5, 5.41) is 11.9. The summed E-state index contributed by atoms with van der Waals surface area (Å²) in [4.78, 5) is 23.3. The summed E-state index contributed by atoms with van der Waals surface area (Å²) < 4.78 is 0. The molecule has 1 rings (SSSR count). The highest BCUT2D eigenvalue weighted by Crippen LogP contribution is 2.28. The van der Waals surface area contributed by atoms with Crippen LogP contribution in [0.15, 0.2) is 30.3 Å². The van der Waals surface area contributed by atoms with Gasteiger partial charge in [-0.2, -0.15) is 0 Å². The maximum Gasteiger partial charge on any atom is 0.330 e. The number of hydrogen-bond donors (Lipinski definition) is 2. The van der Waals surface area contributed by atoms with Crippen LogP contribution in [0.3, 0.4) is 0 Å². The standard InChI is InChI=1S/C16H23NO3/c1-11(16(2,3)4)10-13(18)17-14(15(19)20)12-8-6-5-7-9-12/h5-9,11,14H,10H2,1-4H3,(H,17,18)(H,19,20)/t11?,14-/m1/s1. The maximum atomic E-state index is 12.0. The minimum atomic E-state index is -1.05. The van der Waals surface area contributed by atoms with Crippen molar-refractivity contribution in [3.05, 3.63) is 35.9 Å². The summed E-state index contributed by atoms with van der Waals surface area (Å²) in [6.07, 6.45) is 0.320. The van der Waals surface area contributed by atoms with Gasteiger partial charge in [0.1, 0.15) is 0 Å². The summed E-state index contributed by atoms with van der Waals surface area (Å²) in [6.45, 7) is 8.20. The van der Waals surface area contributed by atoms with E-state index in [2.05, 4.69) is 26.1 Å². The fourth-order valence-corrected chi connectivity index (χ4v) is 1.74. The Kier molecular flexibility index (Phi) is 5.31. The van der Waals surface area contributed by atoms with Crippen molar-refractivity contribution in [3.63, 3.8) is 0 Å². The van der Waals surface area contributed by atoms with Crippen LogP contribution in [0.5, 0.6) is 0 Å². The predicted octanol–water partition coefficient (Wildman–Crippen LogP) is 3.00. The molecular weight excluding hydrogens is 254 g/mol. The zero-order valence-electron chi connectivity index (χ0n) is 12.5. The first-order valence-electron chi connectivity index (χ1n) is 6.79. The van der Waals surface area contributed by atoms with Gasteiger partial charge in [-0.15, -0.1) is 0 Å². The van der Waals surface area contributed by atoms with Crippen LogP contribution < -0.4 is 5.32 Å². The molecule has 1 unspecified atom stereocenters. The molecule has 1 aromatic rings. The number of rotatable bonds is 5. The second kappa shape index (κ2) is 6.55. The molecule has 1 aromatic carbocycles. The first-order valence-corrected chi connectivity index (χ1v) is 6.79. The number of carbonyl (C=O) groups is 2. The lowest BCUT2D eigenvalue weighted by Crippen LogP contribution is -2.35. The van der Waals surface area contributed by atoms with E-state index in [1.165, 1.54) is 0 Å². The van der Waals surface area contributed by atoms with Crippen LogP contribution >= 0.6 is 0 Å². The molecule has 0 saturated heterocycles. The molecule has 0 fully saturated rings. The van der Waals surface area contributed by atoms with Crippen LogP contribution in [0, 0.1) is 11.3 Å². The van der Waals surface area contributed by atoms with Crippen LogP contribution in [-0.4, -0.2) is 17.0 Å². The van der Waals surface area contributed by atoms with Crippen molar-refractivity contribution in [3.8, 4) is 0 Å². The molecule has 0 spiro atoms. The molecule has 2 N–H and O–H groups in total. The lowest BCUT2D eigenvalue weighted by molar-refractivity contribution is -0.142. The molecule has 0 radical (unpaired) electrons. The van der Waals surface area contributed by atoms with Gasteiger partial charge in [0, 0.05) is 6.42 Å². The largest absolute Gasteiger partial charge is 0.479 e. The van der Waals surface area contributed by atoms with E-state index >= 15 is 0 Å². The smallest absolute Gasteiger partial charge is 0.330 e. The summed E-state index contributed by atoms with van der Waals surface area (Å²) in [6, 6.07) is 7.74. The van der Waals surface area contributed by atoms with Gasteiger partial charge in [0.15, 0.2) is 6.04 Å². The first-order chi connectivity index (χ1) is 9.21. The van der Waals surface area contributed by atoms with Gasteiger partial charge in [0.05, 0.1) is 0 Å². The van der Waals surface area contributed by atoms with Crippen molar-refractivity contribution in [2.24, 2.45) is 11.3 Å². The second-order valence-electron chi connectivity index (χ2n) is 6.22. The molecule has 20 heavy (non-hydrogen) atoms. The molecule has 0 aliphatic heterocycles. The lowest BCUT2D eigenvalue weighted by Gasteiger charge is -2.27. The number of hydrogen-bond acceptors (Lipinski definition) is 2. The van der Waals surface area contributed by atoms with Crippen molar-refractivity contribution >= 4 is 11.9 Å². The Balaban J connectivity index is 2.73. The first kappa shape index (κ1) is 16.2. The van der Waals surface area contributed by atoms with E-state index < -0.39 is 12.0 Å². The van der Waals surface area contributed by atoms with Crippen LogP contribution in [0.25, 0.3) is 0 Å². The summed E-state index contributed by atoms with van der Waals surface area (Å²) in [7, 11) is 0. The van der Waals surface area contributed by atoms with Gasteiger partial charge in [-0.3, -0.25) is 4.79 Å². The van der Waals surface area contributed by atoms with Gasteiger partial charge in [-0.1, -0.05) is 58.0 Å². The third-order valence-electron chi connectivity index (χ3n) is 3.66. The number of carboxylic acid groups (broad SMARTS) is 1. The Bertz CT molecular complexity index is 462. The van der Waals surface area contributed by atoms with Gasteiger partial charge >= 0.3 is 5.97 Å². The van der Waals surface area contributed by atoms with Crippen LogP contribution in [0.1, 0.15) is 45.7 Å². The second-order valence-corrected chi connectivity index (χ2v) is 6.22. The highest BCUT2D eigenvalue weighted by molar-refractivity contribution is 5.84. The van der Waals surface area contributed by atoms with Crippen LogP contribution in [0.4, 0.5) is 0 Å². The van der Waals surface area contributed by atoms with E-state index in [4.69, 9.17) is 0 Å². The van der Waals surface area contributed by atoms with Crippen LogP contribution in [0.2, 0.25) is 0 Å². The Morgan fingerprint density at radius 1 is 1.20 bits per heavy atom. The van der Waals surface area contributed by atoms with Crippen molar-refractivity contribution in [1.82, 2.24) is 5.32 Å². The predicted molar refractivity (Wildman–Crippen MR) is 78.2 cm³/mol. The highest BCUT2D eigenvalue weighted by atomic mass is 16.4. The molecule has 0 saturated carbocycles. The van der Waals surface area contributed by atoms with Crippen LogP contribution in [-0.2, 0) is 9.59 Å². The quantitative estimate of drug-likeness (QED) is 0.869. The van der Waals surface area contributed by atoms with E-state index in [0.717, 1.165) is 0 Å². The summed E-state index contributed by atoms with van der Waals surface area (Å²) in [5.74, 6) is -1.11. The molecule has 110 valence electrons. The van der Waals surface area contributed by atoms with Gasteiger partial charge in [-0.25, -0.2) is 4.79 Å². The van der Waals surface area contributed by atoms with E-state index in [1.807, 2.05) is 13.0 Å². The van der Waals surface area contributed by atoms with Crippen molar-refractivity contribution in [2.45, 2.75) is 40.2 Å². The molecule has 0 bridgehead atoms. The van der Waals surface area contributed by atoms with Gasteiger partial charge < -0.3 is 10.4 Å². The Hall–Kier alpha value is -1.84. The average Bonchev–Trinajstić information content (AvgIpc) is 2.35. The van der Waals surface area contributed by atoms with Crippen molar-refractivity contribution < 1.29 is 14.7 Å². The lowest BCUT2D eigenvalue weighted by atomic mass is 9.80. The van der Waals surface area contributed by atoms with E-state index in [0.29, 0.717) is 12.0 Å². The Morgan fingerprint density at radius 2 is 1.75 bits per heavy atom. The Labute approximate surface area is 120 Å². The zero-order chi connectivity index (χ0) is 15.3.